The van der Waals surface area contributed by atoms with Gasteiger partial charge in [-0.1, -0.05) is 18.2 Å². The Morgan fingerprint density at radius 3 is 2.79 bits per heavy atom. The van der Waals surface area contributed by atoms with Crippen molar-refractivity contribution in [3.8, 4) is 0 Å². The van der Waals surface area contributed by atoms with Gasteiger partial charge in [0.1, 0.15) is 5.82 Å². The van der Waals surface area contributed by atoms with Crippen LogP contribution in [0.2, 0.25) is 0 Å². The largest absolute Gasteiger partial charge is 0.374 e. The van der Waals surface area contributed by atoms with Gasteiger partial charge in [0.15, 0.2) is 0 Å². The van der Waals surface area contributed by atoms with Gasteiger partial charge in [-0.3, -0.25) is 4.79 Å². The Hall–Kier alpha value is -1.88. The summed E-state index contributed by atoms with van der Waals surface area (Å²) >= 11 is 1.61. The SMILES string of the molecule is CN(Cc1cccs1)C(=O)CNc1ccccc1F. The first-order valence-electron chi connectivity index (χ1n) is 5.91. The van der Waals surface area contributed by atoms with Crippen LogP contribution in [0.4, 0.5) is 10.1 Å². The molecule has 0 bridgehead atoms. The van der Waals surface area contributed by atoms with Crippen molar-refractivity contribution >= 4 is 22.9 Å². The van der Waals surface area contributed by atoms with Crippen molar-refractivity contribution in [2.45, 2.75) is 6.54 Å². The predicted molar refractivity (Wildman–Crippen MR) is 75.7 cm³/mol. The maximum Gasteiger partial charge on any atom is 0.241 e. The van der Waals surface area contributed by atoms with Crippen LogP contribution in [-0.2, 0) is 11.3 Å². The number of likely N-dealkylation sites (N-methyl/N-ethyl adjacent to an activating group) is 1. The van der Waals surface area contributed by atoms with Gasteiger partial charge in [-0.25, -0.2) is 4.39 Å². The molecule has 0 aliphatic heterocycles. The van der Waals surface area contributed by atoms with E-state index in [9.17, 15) is 9.18 Å². The van der Waals surface area contributed by atoms with E-state index in [1.807, 2.05) is 17.5 Å². The quantitative estimate of drug-likeness (QED) is 0.912. The van der Waals surface area contributed by atoms with E-state index in [1.54, 1.807) is 41.5 Å². The van der Waals surface area contributed by atoms with Crippen LogP contribution in [0.3, 0.4) is 0 Å². The molecule has 0 fully saturated rings. The monoisotopic (exact) mass is 278 g/mol. The second-order valence-electron chi connectivity index (χ2n) is 4.16. The standard InChI is InChI=1S/C14H15FN2OS/c1-17(10-11-5-4-8-19-11)14(18)9-16-13-7-3-2-6-12(13)15/h2-8,16H,9-10H2,1H3. The highest BCUT2D eigenvalue weighted by atomic mass is 32.1. The van der Waals surface area contributed by atoms with Crippen LogP contribution in [0, 0.1) is 5.82 Å². The summed E-state index contributed by atoms with van der Waals surface area (Å²) in [6, 6.07) is 10.3. The van der Waals surface area contributed by atoms with Gasteiger partial charge in [-0.15, -0.1) is 11.3 Å². The fourth-order valence-electron chi connectivity index (χ4n) is 1.63. The number of anilines is 1. The zero-order valence-electron chi connectivity index (χ0n) is 10.6. The average molecular weight is 278 g/mol. The van der Waals surface area contributed by atoms with Crippen molar-refractivity contribution in [2.75, 3.05) is 18.9 Å². The molecule has 1 heterocycles. The summed E-state index contributed by atoms with van der Waals surface area (Å²) in [5.41, 5.74) is 0.348. The van der Waals surface area contributed by atoms with Crippen molar-refractivity contribution in [3.05, 3.63) is 52.5 Å². The lowest BCUT2D eigenvalue weighted by atomic mass is 10.3. The van der Waals surface area contributed by atoms with E-state index in [4.69, 9.17) is 0 Å². The molecule has 0 spiro atoms. The first-order chi connectivity index (χ1) is 9.16. The van der Waals surface area contributed by atoms with Crippen LogP contribution >= 0.6 is 11.3 Å². The minimum atomic E-state index is -0.351. The number of hydrogen-bond donors (Lipinski definition) is 1. The number of rotatable bonds is 5. The lowest BCUT2D eigenvalue weighted by Crippen LogP contribution is -2.31. The maximum atomic E-state index is 13.4. The molecule has 1 amide bonds. The van der Waals surface area contributed by atoms with E-state index in [0.29, 0.717) is 12.2 Å². The van der Waals surface area contributed by atoms with Gasteiger partial charge in [0.2, 0.25) is 5.91 Å². The van der Waals surface area contributed by atoms with E-state index in [1.165, 1.54) is 6.07 Å². The first kappa shape index (κ1) is 13.5. The highest BCUT2D eigenvalue weighted by molar-refractivity contribution is 7.09. The Morgan fingerprint density at radius 1 is 1.32 bits per heavy atom. The van der Waals surface area contributed by atoms with Gasteiger partial charge in [-0.2, -0.15) is 0 Å². The molecule has 5 heteroatoms. The minimum absolute atomic E-state index is 0.0725. The second-order valence-corrected chi connectivity index (χ2v) is 5.19. The van der Waals surface area contributed by atoms with Crippen molar-refractivity contribution in [2.24, 2.45) is 0 Å². The minimum Gasteiger partial charge on any atom is -0.374 e. The second kappa shape index (κ2) is 6.33. The third-order valence-corrected chi connectivity index (χ3v) is 3.56. The molecule has 19 heavy (non-hydrogen) atoms. The number of thiophene rings is 1. The molecule has 0 atom stereocenters. The summed E-state index contributed by atoms with van der Waals surface area (Å²) in [5.74, 6) is -0.423. The van der Waals surface area contributed by atoms with Gasteiger partial charge in [0.25, 0.3) is 0 Å². The number of nitrogens with one attached hydrogen (secondary N) is 1. The molecular formula is C14H15FN2OS. The number of amides is 1. The zero-order chi connectivity index (χ0) is 13.7. The molecule has 0 aliphatic rings. The lowest BCUT2D eigenvalue weighted by molar-refractivity contribution is -0.128. The van der Waals surface area contributed by atoms with E-state index >= 15 is 0 Å². The summed E-state index contributed by atoms with van der Waals surface area (Å²) < 4.78 is 13.4. The molecule has 3 nitrogen and oxygen atoms in total. The van der Waals surface area contributed by atoms with Gasteiger partial charge in [0.05, 0.1) is 18.8 Å². The third kappa shape index (κ3) is 3.79. The van der Waals surface area contributed by atoms with Crippen LogP contribution in [-0.4, -0.2) is 24.4 Å². The fourth-order valence-corrected chi connectivity index (χ4v) is 2.39. The summed E-state index contributed by atoms with van der Waals surface area (Å²) in [5, 5.41) is 4.79. The molecule has 0 saturated carbocycles. The fraction of sp³-hybridized carbons (Fsp3) is 0.214. The number of nitrogens with zero attached hydrogens (tertiary/aromatic N) is 1. The van der Waals surface area contributed by atoms with Crippen molar-refractivity contribution in [1.82, 2.24) is 4.90 Å². The molecule has 0 aliphatic carbocycles. The molecule has 2 aromatic rings. The predicted octanol–water partition coefficient (Wildman–Crippen LogP) is 2.96. The smallest absolute Gasteiger partial charge is 0.241 e. The number of para-hydroxylation sites is 1. The molecule has 100 valence electrons. The maximum absolute atomic E-state index is 13.4. The van der Waals surface area contributed by atoms with Gasteiger partial charge in [0, 0.05) is 11.9 Å². The van der Waals surface area contributed by atoms with Crippen LogP contribution in [0.25, 0.3) is 0 Å². The normalized spacial score (nSPS) is 10.2. The van der Waals surface area contributed by atoms with Gasteiger partial charge >= 0.3 is 0 Å². The summed E-state index contributed by atoms with van der Waals surface area (Å²) in [6.07, 6.45) is 0. The van der Waals surface area contributed by atoms with E-state index in [0.717, 1.165) is 4.88 Å². The Kier molecular flexibility index (Phi) is 4.52. The Labute approximate surface area is 115 Å². The Balaban J connectivity index is 1.86. The lowest BCUT2D eigenvalue weighted by Gasteiger charge is -2.17. The molecule has 0 saturated heterocycles. The van der Waals surface area contributed by atoms with Crippen LogP contribution < -0.4 is 5.32 Å². The zero-order valence-corrected chi connectivity index (χ0v) is 11.4. The van der Waals surface area contributed by atoms with Crippen LogP contribution in [0.1, 0.15) is 4.88 Å². The number of hydrogen-bond acceptors (Lipinski definition) is 3. The van der Waals surface area contributed by atoms with Crippen molar-refractivity contribution < 1.29 is 9.18 Å². The summed E-state index contributed by atoms with van der Waals surface area (Å²) in [6.45, 7) is 0.665. The molecule has 0 radical (unpaired) electrons. The van der Waals surface area contributed by atoms with E-state index < -0.39 is 0 Å². The van der Waals surface area contributed by atoms with Crippen molar-refractivity contribution in [3.63, 3.8) is 0 Å². The summed E-state index contributed by atoms with van der Waals surface area (Å²) in [4.78, 5) is 14.7. The first-order valence-corrected chi connectivity index (χ1v) is 6.79. The number of benzene rings is 1. The van der Waals surface area contributed by atoms with Crippen molar-refractivity contribution in [1.29, 1.82) is 0 Å². The topological polar surface area (TPSA) is 32.3 Å². The van der Waals surface area contributed by atoms with Gasteiger partial charge in [-0.05, 0) is 23.6 Å². The molecule has 1 N–H and O–H groups in total. The molecular weight excluding hydrogens is 263 g/mol. The molecule has 1 aromatic carbocycles. The Morgan fingerprint density at radius 2 is 2.11 bits per heavy atom. The summed E-state index contributed by atoms with van der Waals surface area (Å²) in [7, 11) is 1.74. The number of halogens is 1. The van der Waals surface area contributed by atoms with Crippen LogP contribution in [0.5, 0.6) is 0 Å². The van der Waals surface area contributed by atoms with Crippen LogP contribution in [0.15, 0.2) is 41.8 Å². The van der Waals surface area contributed by atoms with E-state index in [2.05, 4.69) is 5.32 Å². The number of carbonyl (C=O) groups is 1. The molecule has 1 aromatic heterocycles. The molecule has 2 rings (SSSR count). The third-order valence-electron chi connectivity index (χ3n) is 2.70. The Bertz CT molecular complexity index is 542. The number of carbonyl (C=O) groups excluding carboxylic acids is 1. The van der Waals surface area contributed by atoms with E-state index in [-0.39, 0.29) is 18.3 Å². The molecule has 0 unspecified atom stereocenters. The average Bonchev–Trinajstić information content (AvgIpc) is 2.90. The highest BCUT2D eigenvalue weighted by Crippen LogP contribution is 2.13. The van der Waals surface area contributed by atoms with Gasteiger partial charge < -0.3 is 10.2 Å². The highest BCUT2D eigenvalue weighted by Gasteiger charge is 2.10.